The van der Waals surface area contributed by atoms with Crippen molar-refractivity contribution in [3.05, 3.63) is 83.4 Å². The molecular weight excluding hydrogens is 368 g/mol. The molecule has 0 saturated carbocycles. The van der Waals surface area contributed by atoms with Crippen molar-refractivity contribution in [2.75, 3.05) is 17.3 Å². The normalized spacial score (nSPS) is 10.4. The first-order chi connectivity index (χ1) is 13.5. The van der Waals surface area contributed by atoms with Gasteiger partial charge in [0.25, 0.3) is 0 Å². The van der Waals surface area contributed by atoms with Gasteiger partial charge in [-0.25, -0.2) is 0 Å². The summed E-state index contributed by atoms with van der Waals surface area (Å²) in [5.74, 6) is 1.02. The van der Waals surface area contributed by atoms with E-state index in [2.05, 4.69) is 37.4 Å². The van der Waals surface area contributed by atoms with E-state index in [4.69, 9.17) is 17.0 Å². The van der Waals surface area contributed by atoms with Gasteiger partial charge in [0.2, 0.25) is 0 Å². The van der Waals surface area contributed by atoms with Crippen molar-refractivity contribution in [1.29, 1.82) is 0 Å². The molecule has 0 aliphatic rings. The van der Waals surface area contributed by atoms with Gasteiger partial charge in [0.1, 0.15) is 11.5 Å². The summed E-state index contributed by atoms with van der Waals surface area (Å²) in [6, 6.07) is 21.2. The summed E-state index contributed by atoms with van der Waals surface area (Å²) < 4.78 is 5.26. The Hall–Kier alpha value is -3.05. The van der Waals surface area contributed by atoms with Crippen molar-refractivity contribution in [2.45, 2.75) is 20.4 Å². The predicted molar refractivity (Wildman–Crippen MR) is 119 cm³/mol. The fourth-order valence-electron chi connectivity index (χ4n) is 3.10. The average molecular weight is 393 g/mol. The summed E-state index contributed by atoms with van der Waals surface area (Å²) in [6.07, 6.45) is 0. The van der Waals surface area contributed by atoms with Gasteiger partial charge in [-0.1, -0.05) is 24.3 Å². The largest absolute Gasteiger partial charge is 0.508 e. The molecule has 0 radical (unpaired) electrons. The number of ether oxygens (including phenoxy) is 1. The van der Waals surface area contributed by atoms with Crippen LogP contribution in [-0.4, -0.2) is 17.3 Å². The molecule has 3 rings (SSSR count). The van der Waals surface area contributed by atoms with Crippen LogP contribution in [0.1, 0.15) is 16.7 Å². The van der Waals surface area contributed by atoms with Gasteiger partial charge in [-0.3, -0.25) is 0 Å². The number of para-hydroxylation sites is 1. The molecule has 0 saturated heterocycles. The number of methoxy groups -OCH3 is 1. The highest BCUT2D eigenvalue weighted by Gasteiger charge is 2.15. The number of hydrogen-bond donors (Lipinski definition) is 2. The third kappa shape index (κ3) is 4.81. The van der Waals surface area contributed by atoms with E-state index in [9.17, 15) is 5.11 Å². The second kappa shape index (κ2) is 8.76. The second-order valence-electron chi connectivity index (χ2n) is 6.72. The molecule has 0 spiro atoms. The van der Waals surface area contributed by atoms with E-state index in [0.29, 0.717) is 11.7 Å². The molecule has 3 aromatic carbocycles. The zero-order chi connectivity index (χ0) is 20.1. The molecule has 0 atom stereocenters. The van der Waals surface area contributed by atoms with E-state index in [0.717, 1.165) is 22.7 Å². The number of hydrogen-bond acceptors (Lipinski definition) is 3. The molecule has 0 bridgehead atoms. The molecule has 0 aliphatic carbocycles. The number of nitrogens with zero attached hydrogens (tertiary/aromatic N) is 1. The number of benzene rings is 3. The Bertz CT molecular complexity index is 950. The van der Waals surface area contributed by atoms with E-state index < -0.39 is 0 Å². The van der Waals surface area contributed by atoms with E-state index >= 15 is 0 Å². The Morgan fingerprint density at radius 3 is 2.25 bits per heavy atom. The first-order valence-corrected chi connectivity index (χ1v) is 9.45. The third-order valence-electron chi connectivity index (χ3n) is 4.42. The minimum atomic E-state index is 0.246. The zero-order valence-corrected chi connectivity index (χ0v) is 17.1. The molecule has 28 heavy (non-hydrogen) atoms. The second-order valence-corrected chi connectivity index (χ2v) is 7.11. The summed E-state index contributed by atoms with van der Waals surface area (Å²) in [5, 5.41) is 14.1. The number of rotatable bonds is 5. The summed E-state index contributed by atoms with van der Waals surface area (Å²) in [4.78, 5) is 1.96. The molecular formula is C23H24N2O2S. The van der Waals surface area contributed by atoms with Gasteiger partial charge in [0, 0.05) is 16.9 Å². The molecule has 5 heteroatoms. The van der Waals surface area contributed by atoms with Crippen molar-refractivity contribution >= 4 is 28.7 Å². The lowest BCUT2D eigenvalue weighted by Crippen LogP contribution is -2.34. The predicted octanol–water partition coefficient (Wildman–Crippen LogP) is 5.42. The molecule has 0 amide bonds. The Morgan fingerprint density at radius 2 is 1.64 bits per heavy atom. The summed E-state index contributed by atoms with van der Waals surface area (Å²) in [7, 11) is 1.64. The average Bonchev–Trinajstić information content (AvgIpc) is 2.66. The minimum Gasteiger partial charge on any atom is -0.508 e. The number of aromatic hydroxyl groups is 1. The number of anilines is 2. The molecule has 0 aromatic heterocycles. The monoisotopic (exact) mass is 392 g/mol. The number of phenolic OH excluding ortho intramolecular Hbond substituents is 1. The fraction of sp³-hybridized carbons (Fsp3) is 0.174. The molecule has 0 unspecified atom stereocenters. The molecule has 4 nitrogen and oxygen atoms in total. The zero-order valence-electron chi connectivity index (χ0n) is 16.3. The third-order valence-corrected chi connectivity index (χ3v) is 4.74. The van der Waals surface area contributed by atoms with Crippen molar-refractivity contribution in [2.24, 2.45) is 0 Å². The van der Waals surface area contributed by atoms with Crippen molar-refractivity contribution in [3.63, 3.8) is 0 Å². The molecule has 0 heterocycles. The summed E-state index contributed by atoms with van der Waals surface area (Å²) in [6.45, 7) is 4.56. The van der Waals surface area contributed by atoms with Gasteiger partial charge < -0.3 is 20.1 Å². The van der Waals surface area contributed by atoms with E-state index in [1.807, 2.05) is 47.4 Å². The van der Waals surface area contributed by atoms with Gasteiger partial charge in [-0.2, -0.15) is 0 Å². The van der Waals surface area contributed by atoms with Crippen LogP contribution in [0.3, 0.4) is 0 Å². The maximum Gasteiger partial charge on any atom is 0.178 e. The van der Waals surface area contributed by atoms with Gasteiger partial charge in [0.05, 0.1) is 13.7 Å². The van der Waals surface area contributed by atoms with Gasteiger partial charge in [-0.05, 0) is 79.7 Å². The Kier molecular flexibility index (Phi) is 6.16. The summed E-state index contributed by atoms with van der Waals surface area (Å²) in [5.41, 5.74) is 4.98. The lowest BCUT2D eigenvalue weighted by atomic mass is 10.1. The maximum absolute atomic E-state index is 10.2. The fourth-order valence-corrected chi connectivity index (χ4v) is 3.38. The first kappa shape index (κ1) is 19.7. The molecule has 0 aliphatic heterocycles. The first-order valence-electron chi connectivity index (χ1n) is 9.04. The van der Waals surface area contributed by atoms with E-state index in [-0.39, 0.29) is 5.75 Å². The SMILES string of the molecule is COc1ccc(N(Cc2ccccc2O)C(=S)Nc2cc(C)cc(C)c2)cc1. The lowest BCUT2D eigenvalue weighted by molar-refractivity contribution is 0.415. The van der Waals surface area contributed by atoms with Crippen molar-refractivity contribution in [1.82, 2.24) is 0 Å². The smallest absolute Gasteiger partial charge is 0.178 e. The van der Waals surface area contributed by atoms with Gasteiger partial charge in [-0.15, -0.1) is 0 Å². The number of nitrogens with one attached hydrogen (secondary N) is 1. The van der Waals surface area contributed by atoms with Gasteiger partial charge >= 0.3 is 0 Å². The minimum absolute atomic E-state index is 0.246. The Labute approximate surface area is 171 Å². The van der Waals surface area contributed by atoms with Crippen LogP contribution in [0, 0.1) is 13.8 Å². The van der Waals surface area contributed by atoms with Crippen LogP contribution in [-0.2, 0) is 6.54 Å². The van der Waals surface area contributed by atoms with Crippen LogP contribution in [0.2, 0.25) is 0 Å². The number of aryl methyl sites for hydroxylation is 2. The van der Waals surface area contributed by atoms with Crippen molar-refractivity contribution in [3.8, 4) is 11.5 Å². The Balaban J connectivity index is 1.92. The highest BCUT2D eigenvalue weighted by atomic mass is 32.1. The van der Waals surface area contributed by atoms with E-state index in [1.165, 1.54) is 11.1 Å². The van der Waals surface area contributed by atoms with Crippen LogP contribution in [0.5, 0.6) is 11.5 Å². The number of thiocarbonyl (C=S) groups is 1. The van der Waals surface area contributed by atoms with Gasteiger partial charge in [0.15, 0.2) is 5.11 Å². The van der Waals surface area contributed by atoms with Crippen molar-refractivity contribution < 1.29 is 9.84 Å². The van der Waals surface area contributed by atoms with Crippen LogP contribution >= 0.6 is 12.2 Å². The molecule has 0 fully saturated rings. The highest BCUT2D eigenvalue weighted by Crippen LogP contribution is 2.26. The molecule has 144 valence electrons. The number of phenols is 1. The molecule has 2 N–H and O–H groups in total. The van der Waals surface area contributed by atoms with Crippen LogP contribution < -0.4 is 15.0 Å². The van der Waals surface area contributed by atoms with Crippen LogP contribution in [0.4, 0.5) is 11.4 Å². The molecule has 3 aromatic rings. The maximum atomic E-state index is 10.2. The Morgan fingerprint density at radius 1 is 1.00 bits per heavy atom. The topological polar surface area (TPSA) is 44.7 Å². The van der Waals surface area contributed by atoms with Crippen LogP contribution in [0.25, 0.3) is 0 Å². The standard InChI is InChI=1S/C23H24N2O2S/c1-16-12-17(2)14-19(13-16)24-23(28)25(15-18-6-4-5-7-22(18)26)20-8-10-21(27-3)11-9-20/h4-14,26H,15H2,1-3H3,(H,24,28). The highest BCUT2D eigenvalue weighted by molar-refractivity contribution is 7.80. The van der Waals surface area contributed by atoms with E-state index in [1.54, 1.807) is 13.2 Å². The summed E-state index contributed by atoms with van der Waals surface area (Å²) >= 11 is 5.73. The quantitative estimate of drug-likeness (QED) is 0.568. The lowest BCUT2D eigenvalue weighted by Gasteiger charge is -2.27. The van der Waals surface area contributed by atoms with Crippen LogP contribution in [0.15, 0.2) is 66.7 Å².